The molecule has 0 aromatic heterocycles. The summed E-state index contributed by atoms with van der Waals surface area (Å²) in [4.78, 5) is 12.3. The molecule has 3 aromatic rings. The van der Waals surface area contributed by atoms with Gasteiger partial charge < -0.3 is 9.47 Å². The summed E-state index contributed by atoms with van der Waals surface area (Å²) in [6, 6.07) is 21.3. The summed E-state index contributed by atoms with van der Waals surface area (Å²) in [7, 11) is 0. The maximum absolute atomic E-state index is 12.3. The summed E-state index contributed by atoms with van der Waals surface area (Å²) < 4.78 is 34.1. The van der Waals surface area contributed by atoms with Crippen molar-refractivity contribution < 1.29 is 23.0 Å². The Labute approximate surface area is 188 Å². The zero-order valence-electron chi connectivity index (χ0n) is 18.2. The molecule has 168 valence electrons. The highest BCUT2D eigenvalue weighted by molar-refractivity contribution is 5.91. The van der Waals surface area contributed by atoms with E-state index in [4.69, 9.17) is 4.74 Å². The number of benzene rings is 3. The highest BCUT2D eigenvalue weighted by Crippen LogP contribution is 2.24. The Morgan fingerprint density at radius 3 is 1.91 bits per heavy atom. The Morgan fingerprint density at radius 2 is 1.31 bits per heavy atom. The van der Waals surface area contributed by atoms with Crippen molar-refractivity contribution in [3.63, 3.8) is 0 Å². The molecule has 0 radical (unpaired) electrons. The fourth-order valence-electron chi connectivity index (χ4n) is 3.45. The Bertz CT molecular complexity index is 965. The first-order chi connectivity index (χ1) is 15.5. The molecule has 0 atom stereocenters. The molecule has 0 N–H and O–H groups in total. The summed E-state index contributed by atoms with van der Waals surface area (Å²) in [5.74, 6) is -0.164. The van der Waals surface area contributed by atoms with Crippen LogP contribution >= 0.6 is 0 Å². The van der Waals surface area contributed by atoms with E-state index >= 15 is 0 Å². The summed E-state index contributed by atoms with van der Waals surface area (Å²) in [6.07, 6.45) is 7.49. The molecule has 5 heteroatoms. The number of esters is 1. The SMILES string of the molecule is CCCCCCCc1ccc(-c2ccc(OC(=O)c3ccc(OC(F)F)cc3)cc2)cc1. The van der Waals surface area contributed by atoms with E-state index in [9.17, 15) is 13.6 Å². The van der Waals surface area contributed by atoms with E-state index in [0.29, 0.717) is 5.75 Å². The lowest BCUT2D eigenvalue weighted by molar-refractivity contribution is -0.0498. The lowest BCUT2D eigenvalue weighted by Crippen LogP contribution is -2.08. The van der Waals surface area contributed by atoms with Crippen molar-refractivity contribution in [2.75, 3.05) is 0 Å². The van der Waals surface area contributed by atoms with Gasteiger partial charge in [-0.1, -0.05) is 69.0 Å². The number of aryl methyl sites for hydroxylation is 1. The zero-order valence-corrected chi connectivity index (χ0v) is 18.2. The third-order valence-corrected chi connectivity index (χ3v) is 5.24. The molecular formula is C27H28F2O3. The summed E-state index contributed by atoms with van der Waals surface area (Å²) in [5.41, 5.74) is 3.74. The standard InChI is InChI=1S/C27H28F2O3/c1-2-3-4-5-6-7-20-8-10-21(11-9-20)22-12-16-24(17-13-22)31-26(30)23-14-18-25(19-15-23)32-27(28)29/h8-19,27H,2-7H2,1H3. The van der Waals surface area contributed by atoms with Gasteiger partial charge in [-0.15, -0.1) is 0 Å². The number of carbonyl (C=O) groups is 1. The van der Waals surface area contributed by atoms with E-state index < -0.39 is 12.6 Å². The van der Waals surface area contributed by atoms with Crippen molar-refractivity contribution in [1.29, 1.82) is 0 Å². The summed E-state index contributed by atoms with van der Waals surface area (Å²) in [5, 5.41) is 0. The van der Waals surface area contributed by atoms with E-state index in [0.717, 1.165) is 17.5 Å². The maximum Gasteiger partial charge on any atom is 0.387 e. The van der Waals surface area contributed by atoms with E-state index in [1.807, 2.05) is 12.1 Å². The minimum Gasteiger partial charge on any atom is -0.435 e. The Hall–Kier alpha value is -3.21. The van der Waals surface area contributed by atoms with Gasteiger partial charge in [-0.3, -0.25) is 0 Å². The minimum absolute atomic E-state index is 0.0107. The molecule has 0 aliphatic heterocycles. The molecule has 0 aliphatic rings. The first kappa shape index (κ1) is 23.5. The third-order valence-electron chi connectivity index (χ3n) is 5.24. The van der Waals surface area contributed by atoms with Crippen LogP contribution in [0.4, 0.5) is 8.78 Å². The number of unbranched alkanes of at least 4 members (excludes halogenated alkanes) is 4. The minimum atomic E-state index is -2.90. The van der Waals surface area contributed by atoms with Crippen LogP contribution in [0.5, 0.6) is 11.5 Å². The van der Waals surface area contributed by atoms with Crippen LogP contribution in [-0.4, -0.2) is 12.6 Å². The molecule has 3 aromatic carbocycles. The summed E-state index contributed by atoms with van der Waals surface area (Å²) in [6.45, 7) is -0.678. The van der Waals surface area contributed by atoms with Gasteiger partial charge in [0.2, 0.25) is 0 Å². The molecule has 3 rings (SSSR count). The molecule has 0 saturated heterocycles. The van der Waals surface area contributed by atoms with Crippen molar-refractivity contribution in [3.05, 3.63) is 83.9 Å². The average molecular weight is 439 g/mol. The van der Waals surface area contributed by atoms with Crippen molar-refractivity contribution in [1.82, 2.24) is 0 Å². The van der Waals surface area contributed by atoms with Crippen LogP contribution in [0, 0.1) is 0 Å². The number of halogens is 2. The van der Waals surface area contributed by atoms with Crippen LogP contribution in [0.15, 0.2) is 72.8 Å². The van der Waals surface area contributed by atoms with Gasteiger partial charge in [-0.2, -0.15) is 8.78 Å². The number of carbonyl (C=O) groups excluding carboxylic acids is 1. The molecule has 0 amide bonds. The number of rotatable bonds is 11. The third kappa shape index (κ3) is 7.19. The monoisotopic (exact) mass is 438 g/mol. The largest absolute Gasteiger partial charge is 0.435 e. The maximum atomic E-state index is 12.3. The number of hydrogen-bond donors (Lipinski definition) is 0. The zero-order chi connectivity index (χ0) is 22.8. The second-order valence-electron chi connectivity index (χ2n) is 7.68. The quantitative estimate of drug-likeness (QED) is 0.175. The van der Waals surface area contributed by atoms with Gasteiger partial charge in [-0.25, -0.2) is 4.79 Å². The average Bonchev–Trinajstić information content (AvgIpc) is 2.80. The van der Waals surface area contributed by atoms with E-state index in [1.54, 1.807) is 12.1 Å². The van der Waals surface area contributed by atoms with Crippen molar-refractivity contribution in [2.24, 2.45) is 0 Å². The Kier molecular flexibility index (Phi) is 8.79. The van der Waals surface area contributed by atoms with Crippen LogP contribution < -0.4 is 9.47 Å². The smallest absolute Gasteiger partial charge is 0.387 e. The van der Waals surface area contributed by atoms with Gasteiger partial charge >= 0.3 is 12.6 Å². The lowest BCUT2D eigenvalue weighted by Gasteiger charge is -2.08. The second-order valence-corrected chi connectivity index (χ2v) is 7.68. The van der Waals surface area contributed by atoms with Gasteiger partial charge in [-0.05, 0) is 65.9 Å². The van der Waals surface area contributed by atoms with E-state index in [2.05, 4.69) is 35.9 Å². The molecular weight excluding hydrogens is 410 g/mol. The first-order valence-corrected chi connectivity index (χ1v) is 11.0. The van der Waals surface area contributed by atoms with Gasteiger partial charge in [0.05, 0.1) is 5.56 Å². The molecule has 32 heavy (non-hydrogen) atoms. The fourth-order valence-corrected chi connectivity index (χ4v) is 3.45. The molecule has 0 unspecified atom stereocenters. The van der Waals surface area contributed by atoms with Gasteiger partial charge in [0, 0.05) is 0 Å². The normalized spacial score (nSPS) is 10.9. The van der Waals surface area contributed by atoms with Crippen LogP contribution in [0.3, 0.4) is 0 Å². The first-order valence-electron chi connectivity index (χ1n) is 11.0. The fraction of sp³-hybridized carbons (Fsp3) is 0.296. The highest BCUT2D eigenvalue weighted by Gasteiger charge is 2.10. The predicted octanol–water partition coefficient (Wildman–Crippen LogP) is 7.69. The van der Waals surface area contributed by atoms with E-state index in [-0.39, 0.29) is 11.3 Å². The number of hydrogen-bond acceptors (Lipinski definition) is 3. The van der Waals surface area contributed by atoms with Crippen LogP contribution in [0.25, 0.3) is 11.1 Å². The van der Waals surface area contributed by atoms with Crippen molar-refractivity contribution in [2.45, 2.75) is 52.1 Å². The topological polar surface area (TPSA) is 35.5 Å². The van der Waals surface area contributed by atoms with Crippen LogP contribution in [0.2, 0.25) is 0 Å². The predicted molar refractivity (Wildman–Crippen MR) is 122 cm³/mol. The molecule has 0 saturated carbocycles. The van der Waals surface area contributed by atoms with Crippen LogP contribution in [0.1, 0.15) is 54.9 Å². The van der Waals surface area contributed by atoms with Crippen molar-refractivity contribution >= 4 is 5.97 Å². The molecule has 0 spiro atoms. The van der Waals surface area contributed by atoms with Gasteiger partial charge in [0.1, 0.15) is 11.5 Å². The van der Waals surface area contributed by atoms with Crippen LogP contribution in [-0.2, 0) is 6.42 Å². The molecule has 0 heterocycles. The Morgan fingerprint density at radius 1 is 0.750 bits per heavy atom. The van der Waals surface area contributed by atoms with Gasteiger partial charge in [0.25, 0.3) is 0 Å². The molecule has 0 fully saturated rings. The molecule has 0 aliphatic carbocycles. The van der Waals surface area contributed by atoms with Crippen molar-refractivity contribution in [3.8, 4) is 22.6 Å². The second kappa shape index (κ2) is 12.0. The molecule has 0 bridgehead atoms. The number of alkyl halides is 2. The van der Waals surface area contributed by atoms with E-state index in [1.165, 1.54) is 61.9 Å². The van der Waals surface area contributed by atoms with Gasteiger partial charge in [0.15, 0.2) is 0 Å². The summed E-state index contributed by atoms with van der Waals surface area (Å²) >= 11 is 0. The molecule has 3 nitrogen and oxygen atoms in total. The number of ether oxygens (including phenoxy) is 2. The Balaban J connectivity index is 1.53. The highest BCUT2D eigenvalue weighted by atomic mass is 19.3. The lowest BCUT2D eigenvalue weighted by atomic mass is 10.0.